The molecular formula is C28H32N2O4. The van der Waals surface area contributed by atoms with Crippen LogP contribution >= 0.6 is 0 Å². The van der Waals surface area contributed by atoms with E-state index in [0.717, 1.165) is 31.2 Å². The van der Waals surface area contributed by atoms with Crippen molar-refractivity contribution in [3.8, 4) is 5.75 Å². The van der Waals surface area contributed by atoms with E-state index in [-0.39, 0.29) is 31.0 Å². The van der Waals surface area contributed by atoms with Crippen molar-refractivity contribution < 1.29 is 18.7 Å². The van der Waals surface area contributed by atoms with Gasteiger partial charge in [-0.2, -0.15) is 0 Å². The molecule has 0 unspecified atom stereocenters. The topological polar surface area (TPSA) is 63.0 Å². The first kappa shape index (κ1) is 23.6. The summed E-state index contributed by atoms with van der Waals surface area (Å²) in [7, 11) is 0. The molecule has 1 heterocycles. The fourth-order valence-corrected chi connectivity index (χ4v) is 4.43. The Balaban J connectivity index is 1.48. The van der Waals surface area contributed by atoms with Gasteiger partial charge in [0, 0.05) is 12.6 Å². The maximum atomic E-state index is 13.6. The van der Waals surface area contributed by atoms with Gasteiger partial charge in [-0.15, -0.1) is 0 Å². The number of amides is 2. The molecule has 0 saturated heterocycles. The van der Waals surface area contributed by atoms with Crippen LogP contribution in [-0.4, -0.2) is 40.8 Å². The third-order valence-corrected chi connectivity index (χ3v) is 6.24. The minimum Gasteiger partial charge on any atom is -0.484 e. The number of furan rings is 1. The standard InChI is InChI=1S/C28H32N2O4/c31-27(29(20-26-17-10-18-33-26)19-23-11-4-1-5-12-23)21-30(24-13-6-2-7-14-24)28(32)22-34-25-15-8-3-9-16-25/h1,3-5,8-12,15-18,24H,2,6-7,13-14,19-22H2. The maximum Gasteiger partial charge on any atom is 0.261 e. The number of para-hydroxylation sites is 1. The summed E-state index contributed by atoms with van der Waals surface area (Å²) in [5.41, 5.74) is 1.03. The molecule has 0 atom stereocenters. The maximum absolute atomic E-state index is 13.6. The highest BCUT2D eigenvalue weighted by Gasteiger charge is 2.29. The molecular weight excluding hydrogens is 428 g/mol. The number of hydrogen-bond donors (Lipinski definition) is 0. The first-order valence-electron chi connectivity index (χ1n) is 12.0. The van der Waals surface area contributed by atoms with Crippen LogP contribution in [0.4, 0.5) is 0 Å². The van der Waals surface area contributed by atoms with Crippen molar-refractivity contribution in [1.82, 2.24) is 9.80 Å². The van der Waals surface area contributed by atoms with E-state index < -0.39 is 0 Å². The summed E-state index contributed by atoms with van der Waals surface area (Å²) in [6.07, 6.45) is 6.76. The SMILES string of the molecule is O=C(CN(C(=O)COc1ccccc1)C1CCCCC1)N(Cc1ccccc1)Cc1ccco1. The van der Waals surface area contributed by atoms with Crippen molar-refractivity contribution in [2.24, 2.45) is 0 Å². The lowest BCUT2D eigenvalue weighted by molar-refractivity contribution is -0.145. The van der Waals surface area contributed by atoms with Crippen LogP contribution in [0.15, 0.2) is 83.5 Å². The quantitative estimate of drug-likeness (QED) is 0.425. The summed E-state index contributed by atoms with van der Waals surface area (Å²) in [5.74, 6) is 1.11. The molecule has 2 aromatic carbocycles. The van der Waals surface area contributed by atoms with E-state index in [4.69, 9.17) is 9.15 Å². The van der Waals surface area contributed by atoms with Gasteiger partial charge in [0.25, 0.3) is 5.91 Å². The Morgan fingerprint density at radius 2 is 1.53 bits per heavy atom. The van der Waals surface area contributed by atoms with Crippen LogP contribution in [0.25, 0.3) is 0 Å². The number of carbonyl (C=O) groups is 2. The summed E-state index contributed by atoms with van der Waals surface area (Å²) >= 11 is 0. The van der Waals surface area contributed by atoms with Gasteiger partial charge in [0.2, 0.25) is 5.91 Å². The first-order valence-corrected chi connectivity index (χ1v) is 12.0. The molecule has 0 radical (unpaired) electrons. The highest BCUT2D eigenvalue weighted by atomic mass is 16.5. The van der Waals surface area contributed by atoms with Crippen molar-refractivity contribution in [2.45, 2.75) is 51.2 Å². The van der Waals surface area contributed by atoms with Crippen LogP contribution in [0.5, 0.6) is 5.75 Å². The fourth-order valence-electron chi connectivity index (χ4n) is 4.43. The lowest BCUT2D eigenvalue weighted by Crippen LogP contribution is -2.49. The average Bonchev–Trinajstić information content (AvgIpc) is 3.40. The number of nitrogens with zero attached hydrogens (tertiary/aromatic N) is 2. The second-order valence-electron chi connectivity index (χ2n) is 8.73. The van der Waals surface area contributed by atoms with E-state index in [2.05, 4.69) is 0 Å². The summed E-state index contributed by atoms with van der Waals surface area (Å²) in [4.78, 5) is 30.3. The minimum atomic E-state index is -0.151. The van der Waals surface area contributed by atoms with Crippen molar-refractivity contribution in [1.29, 1.82) is 0 Å². The van der Waals surface area contributed by atoms with Crippen LogP contribution in [0, 0.1) is 0 Å². The normalized spacial score (nSPS) is 13.9. The van der Waals surface area contributed by atoms with E-state index in [1.165, 1.54) is 6.42 Å². The molecule has 1 saturated carbocycles. The van der Waals surface area contributed by atoms with Crippen LogP contribution in [0.3, 0.4) is 0 Å². The number of hydrogen-bond acceptors (Lipinski definition) is 4. The Bertz CT molecular complexity index is 1020. The van der Waals surface area contributed by atoms with E-state index in [1.54, 1.807) is 16.1 Å². The van der Waals surface area contributed by atoms with Gasteiger partial charge in [-0.05, 0) is 42.7 Å². The number of benzene rings is 2. The van der Waals surface area contributed by atoms with Gasteiger partial charge in [0.1, 0.15) is 18.1 Å². The van der Waals surface area contributed by atoms with Gasteiger partial charge < -0.3 is 19.0 Å². The average molecular weight is 461 g/mol. The Kier molecular flexibility index (Phi) is 8.38. The summed E-state index contributed by atoms with van der Waals surface area (Å²) < 4.78 is 11.2. The molecule has 6 heteroatoms. The van der Waals surface area contributed by atoms with Crippen molar-refractivity contribution in [3.63, 3.8) is 0 Å². The van der Waals surface area contributed by atoms with E-state index >= 15 is 0 Å². The predicted octanol–water partition coefficient (Wildman–Crippen LogP) is 5.05. The summed E-state index contributed by atoms with van der Waals surface area (Å²) in [6.45, 7) is 0.765. The molecule has 1 fully saturated rings. The zero-order valence-corrected chi connectivity index (χ0v) is 19.5. The summed E-state index contributed by atoms with van der Waals surface area (Å²) in [6, 6.07) is 22.9. The van der Waals surface area contributed by atoms with Crippen LogP contribution in [0.2, 0.25) is 0 Å². The molecule has 34 heavy (non-hydrogen) atoms. The largest absolute Gasteiger partial charge is 0.484 e. The Labute approximate surface area is 201 Å². The smallest absolute Gasteiger partial charge is 0.261 e. The van der Waals surface area contributed by atoms with E-state index in [9.17, 15) is 9.59 Å². The monoisotopic (exact) mass is 460 g/mol. The minimum absolute atomic E-state index is 0.0369. The predicted molar refractivity (Wildman–Crippen MR) is 130 cm³/mol. The third kappa shape index (κ3) is 6.73. The zero-order chi connectivity index (χ0) is 23.6. The van der Waals surface area contributed by atoms with E-state index in [0.29, 0.717) is 24.6 Å². The highest BCUT2D eigenvalue weighted by molar-refractivity contribution is 5.85. The Hall–Kier alpha value is -3.54. The van der Waals surface area contributed by atoms with Gasteiger partial charge in [-0.3, -0.25) is 9.59 Å². The van der Waals surface area contributed by atoms with Gasteiger partial charge in [0.15, 0.2) is 6.61 Å². The zero-order valence-electron chi connectivity index (χ0n) is 19.5. The summed E-state index contributed by atoms with van der Waals surface area (Å²) in [5, 5.41) is 0. The van der Waals surface area contributed by atoms with Crippen molar-refractivity contribution in [3.05, 3.63) is 90.4 Å². The molecule has 0 N–H and O–H groups in total. The fraction of sp³-hybridized carbons (Fsp3) is 0.357. The van der Waals surface area contributed by atoms with Crippen molar-refractivity contribution in [2.75, 3.05) is 13.2 Å². The molecule has 4 rings (SSSR count). The lowest BCUT2D eigenvalue weighted by Gasteiger charge is -2.35. The second-order valence-corrected chi connectivity index (χ2v) is 8.73. The van der Waals surface area contributed by atoms with Crippen LogP contribution in [0.1, 0.15) is 43.4 Å². The van der Waals surface area contributed by atoms with Gasteiger partial charge in [-0.25, -0.2) is 0 Å². The number of ether oxygens (including phenoxy) is 1. The molecule has 1 aliphatic rings. The first-order chi connectivity index (χ1) is 16.7. The second kappa shape index (κ2) is 12.1. The molecule has 0 aliphatic heterocycles. The molecule has 6 nitrogen and oxygen atoms in total. The van der Waals surface area contributed by atoms with Crippen LogP contribution in [-0.2, 0) is 22.7 Å². The number of rotatable bonds is 10. The molecule has 178 valence electrons. The number of carbonyl (C=O) groups excluding carboxylic acids is 2. The Morgan fingerprint density at radius 3 is 2.21 bits per heavy atom. The molecule has 1 aromatic heterocycles. The third-order valence-electron chi connectivity index (χ3n) is 6.24. The molecule has 1 aliphatic carbocycles. The lowest BCUT2D eigenvalue weighted by atomic mass is 9.94. The molecule has 0 bridgehead atoms. The van der Waals surface area contributed by atoms with Crippen LogP contribution < -0.4 is 4.74 Å². The van der Waals surface area contributed by atoms with E-state index in [1.807, 2.05) is 72.8 Å². The molecule has 0 spiro atoms. The van der Waals surface area contributed by atoms with Gasteiger partial charge >= 0.3 is 0 Å². The van der Waals surface area contributed by atoms with Crippen molar-refractivity contribution >= 4 is 11.8 Å². The Morgan fingerprint density at radius 1 is 0.824 bits per heavy atom. The molecule has 3 aromatic rings. The van der Waals surface area contributed by atoms with Gasteiger partial charge in [0.05, 0.1) is 12.8 Å². The van der Waals surface area contributed by atoms with Gasteiger partial charge in [-0.1, -0.05) is 67.8 Å². The molecule has 2 amide bonds. The highest BCUT2D eigenvalue weighted by Crippen LogP contribution is 2.23.